The standard InChI is InChI=1S/C28H28N2O5/c1-18-7-11-21(12-8-18)29-17-20(16-23-26(31)34-28(3,4)35-27(23)32)25(24-6-5-15-33-24)30-22-13-9-19(2)10-14-22/h5-17,25,29-30H,1-4H3/b20-17-/t25-/m1/s1. The Kier molecular flexibility index (Phi) is 6.78. The minimum absolute atomic E-state index is 0.205. The Morgan fingerprint density at radius 1 is 0.857 bits per heavy atom. The Morgan fingerprint density at radius 2 is 1.43 bits per heavy atom. The van der Waals surface area contributed by atoms with Crippen LogP contribution in [0.1, 0.15) is 36.8 Å². The normalized spacial score (nSPS) is 16.2. The molecule has 0 bridgehead atoms. The largest absolute Gasteiger partial charge is 0.467 e. The highest BCUT2D eigenvalue weighted by Gasteiger charge is 2.39. The Balaban J connectivity index is 1.76. The minimum Gasteiger partial charge on any atom is -0.467 e. The van der Waals surface area contributed by atoms with Gasteiger partial charge in [-0.1, -0.05) is 35.4 Å². The number of anilines is 2. The topological polar surface area (TPSA) is 89.8 Å². The predicted molar refractivity (Wildman–Crippen MR) is 133 cm³/mol. The highest BCUT2D eigenvalue weighted by Crippen LogP contribution is 2.31. The molecule has 1 aliphatic heterocycles. The monoisotopic (exact) mass is 472 g/mol. The molecule has 0 amide bonds. The van der Waals surface area contributed by atoms with Gasteiger partial charge in [0.2, 0.25) is 0 Å². The molecular formula is C28H28N2O5. The van der Waals surface area contributed by atoms with Crippen LogP contribution in [0, 0.1) is 13.8 Å². The van der Waals surface area contributed by atoms with Gasteiger partial charge >= 0.3 is 11.9 Å². The Hall–Kier alpha value is -4.26. The first kappa shape index (κ1) is 23.9. The molecule has 2 heterocycles. The number of nitrogens with one attached hydrogen (secondary N) is 2. The lowest BCUT2D eigenvalue weighted by Crippen LogP contribution is -2.42. The van der Waals surface area contributed by atoms with Crippen molar-refractivity contribution in [2.75, 3.05) is 10.6 Å². The fraction of sp³-hybridized carbons (Fsp3) is 0.214. The number of carbonyl (C=O) groups excluding carboxylic acids is 2. The van der Waals surface area contributed by atoms with Gasteiger partial charge in [0.05, 0.1) is 6.26 Å². The molecule has 180 valence electrons. The van der Waals surface area contributed by atoms with E-state index in [1.165, 1.54) is 19.9 Å². The van der Waals surface area contributed by atoms with Crippen molar-refractivity contribution in [2.45, 2.75) is 39.5 Å². The first-order chi connectivity index (χ1) is 16.7. The third-order valence-electron chi connectivity index (χ3n) is 5.41. The van der Waals surface area contributed by atoms with Crippen molar-refractivity contribution in [3.8, 4) is 0 Å². The van der Waals surface area contributed by atoms with Crippen LogP contribution in [0.2, 0.25) is 0 Å². The van der Waals surface area contributed by atoms with Crippen molar-refractivity contribution in [3.05, 3.63) is 107 Å². The zero-order chi connectivity index (χ0) is 25.0. The SMILES string of the molecule is Cc1ccc(N/C=C(/C=C2C(=O)OC(C)(C)OC2=O)[C@@H](Nc2ccc(C)cc2)c2ccco2)cc1. The van der Waals surface area contributed by atoms with E-state index in [9.17, 15) is 9.59 Å². The highest BCUT2D eigenvalue weighted by molar-refractivity contribution is 6.15. The number of ether oxygens (including phenoxy) is 2. The third kappa shape index (κ3) is 6.00. The van der Waals surface area contributed by atoms with E-state index in [1.807, 2.05) is 68.4 Å². The number of hydrogen-bond acceptors (Lipinski definition) is 7. The van der Waals surface area contributed by atoms with E-state index in [4.69, 9.17) is 13.9 Å². The van der Waals surface area contributed by atoms with E-state index in [0.29, 0.717) is 11.3 Å². The van der Waals surface area contributed by atoms with Crippen LogP contribution in [0.25, 0.3) is 0 Å². The summed E-state index contributed by atoms with van der Waals surface area (Å²) < 4.78 is 16.3. The Bertz CT molecular complexity index is 1230. The maximum absolute atomic E-state index is 12.7. The summed E-state index contributed by atoms with van der Waals surface area (Å²) in [6.45, 7) is 7.05. The number of benzene rings is 2. The molecular weight excluding hydrogens is 444 g/mol. The van der Waals surface area contributed by atoms with Gasteiger partial charge in [-0.3, -0.25) is 0 Å². The summed E-state index contributed by atoms with van der Waals surface area (Å²) in [5.41, 5.74) is 4.29. The summed E-state index contributed by atoms with van der Waals surface area (Å²) >= 11 is 0. The molecule has 2 N–H and O–H groups in total. The van der Waals surface area contributed by atoms with Gasteiger partial charge in [-0.05, 0) is 61.9 Å². The molecule has 35 heavy (non-hydrogen) atoms. The van der Waals surface area contributed by atoms with Crippen LogP contribution in [0.4, 0.5) is 11.4 Å². The van der Waals surface area contributed by atoms with Crippen LogP contribution in [0.3, 0.4) is 0 Å². The van der Waals surface area contributed by atoms with E-state index in [2.05, 4.69) is 10.6 Å². The zero-order valence-corrected chi connectivity index (χ0v) is 20.1. The van der Waals surface area contributed by atoms with Crippen molar-refractivity contribution >= 4 is 23.3 Å². The maximum atomic E-state index is 12.7. The van der Waals surface area contributed by atoms with Crippen LogP contribution >= 0.6 is 0 Å². The quantitative estimate of drug-likeness (QED) is 0.255. The van der Waals surface area contributed by atoms with Gasteiger partial charge in [0.15, 0.2) is 0 Å². The maximum Gasteiger partial charge on any atom is 0.348 e. The number of furan rings is 1. The molecule has 7 nitrogen and oxygen atoms in total. The average Bonchev–Trinajstić information content (AvgIpc) is 3.33. The van der Waals surface area contributed by atoms with Crippen molar-refractivity contribution in [1.82, 2.24) is 0 Å². The van der Waals surface area contributed by atoms with E-state index in [0.717, 1.165) is 22.5 Å². The van der Waals surface area contributed by atoms with Crippen molar-refractivity contribution in [2.24, 2.45) is 0 Å². The second kappa shape index (κ2) is 9.93. The molecule has 1 atom stereocenters. The van der Waals surface area contributed by atoms with Crippen molar-refractivity contribution in [3.63, 3.8) is 0 Å². The lowest BCUT2D eigenvalue weighted by molar-refractivity contribution is -0.222. The molecule has 0 saturated carbocycles. The van der Waals surface area contributed by atoms with Gasteiger partial charge < -0.3 is 24.5 Å². The molecule has 0 unspecified atom stereocenters. The molecule has 0 aliphatic carbocycles. The average molecular weight is 473 g/mol. The number of cyclic esters (lactones) is 2. The molecule has 1 saturated heterocycles. The number of hydrogen-bond donors (Lipinski definition) is 2. The molecule has 1 fully saturated rings. The molecule has 2 aromatic carbocycles. The number of carbonyl (C=O) groups is 2. The van der Waals surface area contributed by atoms with Gasteiger partial charge in [0, 0.05) is 31.4 Å². The number of rotatable bonds is 7. The van der Waals surface area contributed by atoms with Gasteiger partial charge in [-0.2, -0.15) is 0 Å². The van der Waals surface area contributed by atoms with E-state index in [1.54, 1.807) is 18.5 Å². The Labute approximate surface area is 204 Å². The third-order valence-corrected chi connectivity index (χ3v) is 5.41. The second-order valence-electron chi connectivity index (χ2n) is 8.85. The first-order valence-corrected chi connectivity index (χ1v) is 11.3. The molecule has 0 spiro atoms. The van der Waals surface area contributed by atoms with Crippen LogP contribution in [-0.2, 0) is 19.1 Å². The van der Waals surface area contributed by atoms with Crippen molar-refractivity contribution < 1.29 is 23.5 Å². The summed E-state index contributed by atoms with van der Waals surface area (Å²) in [6, 6.07) is 18.8. The summed E-state index contributed by atoms with van der Waals surface area (Å²) in [5.74, 6) is -2.23. The predicted octanol–water partition coefficient (Wildman–Crippen LogP) is 5.81. The molecule has 7 heteroatoms. The summed E-state index contributed by atoms with van der Waals surface area (Å²) in [5, 5.41) is 6.69. The first-order valence-electron chi connectivity index (χ1n) is 11.3. The fourth-order valence-electron chi connectivity index (χ4n) is 3.56. The van der Waals surface area contributed by atoms with E-state index in [-0.39, 0.29) is 5.57 Å². The van der Waals surface area contributed by atoms with Gasteiger partial charge in [0.1, 0.15) is 17.4 Å². The lowest BCUT2D eigenvalue weighted by Gasteiger charge is -2.30. The minimum atomic E-state index is -1.32. The summed E-state index contributed by atoms with van der Waals surface area (Å²) in [6.07, 6.45) is 4.77. The molecule has 1 aliphatic rings. The van der Waals surface area contributed by atoms with Crippen LogP contribution in [0.15, 0.2) is 94.8 Å². The molecule has 3 aromatic rings. The van der Waals surface area contributed by atoms with Crippen LogP contribution < -0.4 is 10.6 Å². The highest BCUT2D eigenvalue weighted by atomic mass is 16.7. The number of esters is 2. The van der Waals surface area contributed by atoms with Crippen molar-refractivity contribution in [1.29, 1.82) is 0 Å². The fourth-order valence-corrected chi connectivity index (χ4v) is 3.56. The van der Waals surface area contributed by atoms with E-state index < -0.39 is 23.8 Å². The van der Waals surface area contributed by atoms with Gasteiger partial charge in [-0.15, -0.1) is 0 Å². The number of aryl methyl sites for hydroxylation is 2. The smallest absolute Gasteiger partial charge is 0.348 e. The summed E-state index contributed by atoms with van der Waals surface area (Å²) in [7, 11) is 0. The Morgan fingerprint density at radius 3 is 1.97 bits per heavy atom. The zero-order valence-electron chi connectivity index (χ0n) is 20.1. The van der Waals surface area contributed by atoms with Crippen LogP contribution in [-0.4, -0.2) is 17.7 Å². The molecule has 4 rings (SSSR count). The summed E-state index contributed by atoms with van der Waals surface area (Å²) in [4.78, 5) is 25.4. The second-order valence-corrected chi connectivity index (χ2v) is 8.85. The molecule has 0 radical (unpaired) electrons. The van der Waals surface area contributed by atoms with Gasteiger partial charge in [-0.25, -0.2) is 9.59 Å². The molecule has 1 aromatic heterocycles. The van der Waals surface area contributed by atoms with E-state index >= 15 is 0 Å². The van der Waals surface area contributed by atoms with Crippen LogP contribution in [0.5, 0.6) is 0 Å². The van der Waals surface area contributed by atoms with Gasteiger partial charge in [0.25, 0.3) is 5.79 Å². The lowest BCUT2D eigenvalue weighted by atomic mass is 10.0.